The molecule has 4 rings (SSSR count). The molecule has 3 aliphatic rings. The average molecular weight is 424 g/mol. The number of nitrogens with zero attached hydrogens (tertiary/aromatic N) is 3. The first kappa shape index (κ1) is 21.8. The molecule has 2 aliphatic heterocycles. The van der Waals surface area contributed by atoms with Crippen molar-refractivity contribution in [2.24, 2.45) is 16.8 Å². The van der Waals surface area contributed by atoms with Crippen LogP contribution in [0.15, 0.2) is 53.9 Å². The van der Waals surface area contributed by atoms with Gasteiger partial charge in [-0.05, 0) is 81.3 Å². The molecule has 2 unspecified atom stereocenters. The van der Waals surface area contributed by atoms with Gasteiger partial charge in [-0.3, -0.25) is 0 Å². The maximum Gasteiger partial charge on any atom is 0.140 e. The summed E-state index contributed by atoms with van der Waals surface area (Å²) in [5.41, 5.74) is 1.89. The van der Waals surface area contributed by atoms with Gasteiger partial charge in [0.1, 0.15) is 17.4 Å². The van der Waals surface area contributed by atoms with Gasteiger partial charge < -0.3 is 14.9 Å². The van der Waals surface area contributed by atoms with Gasteiger partial charge in [0, 0.05) is 36.6 Å². The van der Waals surface area contributed by atoms with E-state index in [0.717, 1.165) is 36.9 Å². The molecule has 2 heterocycles. The molecule has 0 amide bonds. The number of hydrogen-bond acceptors (Lipinski definition) is 4. The third-order valence-electron chi connectivity index (χ3n) is 7.02. The van der Waals surface area contributed by atoms with Gasteiger partial charge in [0.25, 0.3) is 0 Å². The van der Waals surface area contributed by atoms with E-state index in [1.165, 1.54) is 63.4 Å². The predicted molar refractivity (Wildman–Crippen MR) is 125 cm³/mol. The Bertz CT molecular complexity index is 904. The lowest BCUT2D eigenvalue weighted by molar-refractivity contribution is 0.237. The van der Waals surface area contributed by atoms with E-state index in [9.17, 15) is 9.50 Å². The Balaban J connectivity index is 1.44. The van der Waals surface area contributed by atoms with Crippen molar-refractivity contribution in [2.45, 2.75) is 44.9 Å². The van der Waals surface area contributed by atoms with Crippen LogP contribution in [-0.4, -0.2) is 47.3 Å². The molecular formula is C26H34FN3O. The van der Waals surface area contributed by atoms with E-state index in [4.69, 9.17) is 4.99 Å². The summed E-state index contributed by atoms with van der Waals surface area (Å²) < 4.78 is 14.4. The van der Waals surface area contributed by atoms with Crippen LogP contribution in [0.1, 0.15) is 50.5 Å². The van der Waals surface area contributed by atoms with Crippen LogP contribution in [-0.2, 0) is 0 Å². The number of rotatable bonds is 6. The number of phenols is 1. The van der Waals surface area contributed by atoms with Crippen LogP contribution in [0.3, 0.4) is 0 Å². The first-order chi connectivity index (χ1) is 15.0. The molecule has 0 radical (unpaired) electrons. The van der Waals surface area contributed by atoms with Gasteiger partial charge in [-0.25, -0.2) is 9.38 Å². The summed E-state index contributed by atoms with van der Waals surface area (Å²) in [6, 6.07) is 4.05. The van der Waals surface area contributed by atoms with Gasteiger partial charge in [0.05, 0.1) is 0 Å². The summed E-state index contributed by atoms with van der Waals surface area (Å²) in [4.78, 5) is 9.36. The Morgan fingerprint density at radius 3 is 2.90 bits per heavy atom. The van der Waals surface area contributed by atoms with Crippen molar-refractivity contribution in [3.8, 4) is 5.75 Å². The fourth-order valence-corrected chi connectivity index (χ4v) is 5.37. The fraction of sp³-hybridized carbons (Fsp3) is 0.500. The van der Waals surface area contributed by atoms with E-state index >= 15 is 0 Å². The number of fused-ring (bicyclic) bond motifs is 1. The van der Waals surface area contributed by atoms with Gasteiger partial charge in [0.2, 0.25) is 0 Å². The normalized spacial score (nSPS) is 25.7. The molecule has 2 atom stereocenters. The first-order valence-corrected chi connectivity index (χ1v) is 11.6. The van der Waals surface area contributed by atoms with Crippen LogP contribution in [0.5, 0.6) is 5.75 Å². The van der Waals surface area contributed by atoms with E-state index in [1.54, 1.807) is 6.08 Å². The van der Waals surface area contributed by atoms with Crippen molar-refractivity contribution in [2.75, 3.05) is 26.7 Å². The molecule has 0 aromatic heterocycles. The molecule has 1 saturated carbocycles. The van der Waals surface area contributed by atoms with Crippen LogP contribution in [0.2, 0.25) is 0 Å². The minimum Gasteiger partial charge on any atom is -0.508 e. The highest BCUT2D eigenvalue weighted by Gasteiger charge is 2.30. The lowest BCUT2D eigenvalue weighted by Crippen LogP contribution is -2.30. The van der Waals surface area contributed by atoms with Crippen LogP contribution < -0.4 is 0 Å². The molecule has 0 spiro atoms. The number of likely N-dealkylation sites (tertiary alicyclic amines) is 1. The number of aromatic hydroxyl groups is 1. The number of hydrogen-bond donors (Lipinski definition) is 1. The summed E-state index contributed by atoms with van der Waals surface area (Å²) in [6.07, 6.45) is 14.6. The Morgan fingerprint density at radius 1 is 1.26 bits per heavy atom. The molecule has 1 aromatic carbocycles. The van der Waals surface area contributed by atoms with E-state index in [-0.39, 0.29) is 5.75 Å². The summed E-state index contributed by atoms with van der Waals surface area (Å²) >= 11 is 0. The molecule has 166 valence electrons. The van der Waals surface area contributed by atoms with Crippen molar-refractivity contribution >= 4 is 11.3 Å². The number of aliphatic imine (C=N–C) groups is 1. The van der Waals surface area contributed by atoms with E-state index in [2.05, 4.69) is 11.5 Å². The van der Waals surface area contributed by atoms with Crippen LogP contribution >= 0.6 is 0 Å². The minimum atomic E-state index is -0.397. The van der Waals surface area contributed by atoms with Crippen LogP contribution in [0.25, 0.3) is 5.57 Å². The highest BCUT2D eigenvalue weighted by Crippen LogP contribution is 2.37. The van der Waals surface area contributed by atoms with E-state index in [0.29, 0.717) is 17.0 Å². The lowest BCUT2D eigenvalue weighted by Gasteiger charge is -2.25. The minimum absolute atomic E-state index is 0.0245. The fourth-order valence-electron chi connectivity index (χ4n) is 5.37. The van der Waals surface area contributed by atoms with E-state index < -0.39 is 5.82 Å². The number of benzene rings is 1. The zero-order valence-electron chi connectivity index (χ0n) is 18.6. The Labute approximate surface area is 185 Å². The Morgan fingerprint density at radius 2 is 2.06 bits per heavy atom. The third kappa shape index (κ3) is 5.09. The van der Waals surface area contributed by atoms with E-state index in [1.807, 2.05) is 24.2 Å². The second-order valence-corrected chi connectivity index (χ2v) is 9.13. The van der Waals surface area contributed by atoms with Gasteiger partial charge in [0.15, 0.2) is 0 Å². The second kappa shape index (κ2) is 9.82. The molecule has 1 aliphatic carbocycles. The van der Waals surface area contributed by atoms with Crippen LogP contribution in [0.4, 0.5) is 4.39 Å². The van der Waals surface area contributed by atoms with Crippen molar-refractivity contribution in [1.82, 2.24) is 9.80 Å². The van der Waals surface area contributed by atoms with Crippen molar-refractivity contribution in [3.05, 3.63) is 60.3 Å². The molecule has 1 aromatic rings. The van der Waals surface area contributed by atoms with Crippen molar-refractivity contribution in [1.29, 1.82) is 0 Å². The van der Waals surface area contributed by atoms with Gasteiger partial charge in [-0.1, -0.05) is 25.5 Å². The van der Waals surface area contributed by atoms with Gasteiger partial charge in [-0.2, -0.15) is 0 Å². The SMILES string of the molecule is C=C/C(=C1/N=C(CCCN2CCCC3CCCC3C2)C=CN1C)c1cc(O)ccc1F. The molecule has 0 bridgehead atoms. The first-order valence-electron chi connectivity index (χ1n) is 11.6. The Kier molecular flexibility index (Phi) is 6.91. The van der Waals surface area contributed by atoms with Gasteiger partial charge in [-0.15, -0.1) is 0 Å². The molecule has 1 saturated heterocycles. The topological polar surface area (TPSA) is 39.1 Å². The summed E-state index contributed by atoms with van der Waals surface area (Å²) in [5.74, 6) is 2.15. The summed E-state index contributed by atoms with van der Waals surface area (Å²) in [6.45, 7) is 7.47. The second-order valence-electron chi connectivity index (χ2n) is 9.13. The smallest absolute Gasteiger partial charge is 0.140 e. The monoisotopic (exact) mass is 423 g/mol. The molecular weight excluding hydrogens is 389 g/mol. The van der Waals surface area contributed by atoms with Gasteiger partial charge >= 0.3 is 0 Å². The summed E-state index contributed by atoms with van der Waals surface area (Å²) in [5, 5.41) is 9.82. The van der Waals surface area contributed by atoms with Crippen LogP contribution in [0, 0.1) is 17.7 Å². The third-order valence-corrected chi connectivity index (χ3v) is 7.02. The highest BCUT2D eigenvalue weighted by atomic mass is 19.1. The maximum absolute atomic E-state index is 14.4. The average Bonchev–Trinajstić information content (AvgIpc) is 3.10. The summed E-state index contributed by atoms with van der Waals surface area (Å²) in [7, 11) is 1.89. The zero-order valence-corrected chi connectivity index (χ0v) is 18.6. The molecule has 4 nitrogen and oxygen atoms in total. The zero-order chi connectivity index (χ0) is 21.8. The molecule has 1 N–H and O–H groups in total. The highest BCUT2D eigenvalue weighted by molar-refractivity contribution is 5.97. The number of halogens is 1. The molecule has 2 fully saturated rings. The number of phenolic OH excluding ortho intramolecular Hbond substituents is 1. The molecule has 5 heteroatoms. The van der Waals surface area contributed by atoms with Crippen molar-refractivity contribution in [3.63, 3.8) is 0 Å². The standard InChI is InChI=1S/C26H34FN3O/c1-3-23(24-17-22(31)11-12-25(24)27)26-28-21(13-16-29(26)2)10-6-15-30-14-5-9-19-7-4-8-20(19)18-30/h3,11-13,16-17,19-20,31H,1,4-10,14-15,18H2,2H3/b26-23+. The largest absolute Gasteiger partial charge is 0.508 e. The molecule has 31 heavy (non-hydrogen) atoms. The quantitative estimate of drug-likeness (QED) is 0.649. The Hall–Kier alpha value is -2.40. The lowest BCUT2D eigenvalue weighted by atomic mass is 9.93. The van der Waals surface area contributed by atoms with Crippen molar-refractivity contribution < 1.29 is 9.50 Å². The predicted octanol–water partition coefficient (Wildman–Crippen LogP) is 5.58. The maximum atomic E-state index is 14.4. The number of allylic oxidation sites excluding steroid dienone is 3.